The Labute approximate surface area is 207 Å². The molecule has 35 heavy (non-hydrogen) atoms. The molecule has 2 aromatic carbocycles. The Kier molecular flexibility index (Phi) is 6.76. The third kappa shape index (κ3) is 4.64. The zero-order valence-corrected chi connectivity index (χ0v) is 20.5. The van der Waals surface area contributed by atoms with Gasteiger partial charge in [-0.25, -0.2) is 4.79 Å². The van der Waals surface area contributed by atoms with Gasteiger partial charge in [0, 0.05) is 29.0 Å². The van der Waals surface area contributed by atoms with Gasteiger partial charge in [-0.05, 0) is 56.6 Å². The molecule has 0 aromatic heterocycles. The first kappa shape index (κ1) is 23.4. The van der Waals surface area contributed by atoms with Crippen molar-refractivity contribution in [2.24, 2.45) is 0 Å². The summed E-state index contributed by atoms with van der Waals surface area (Å²) in [7, 11) is 1.62. The van der Waals surface area contributed by atoms with Crippen molar-refractivity contribution in [3.63, 3.8) is 0 Å². The highest BCUT2D eigenvalue weighted by molar-refractivity contribution is 6.04. The minimum Gasteiger partial charge on any atom is -0.496 e. The highest BCUT2D eigenvalue weighted by atomic mass is 16.5. The number of allylic oxidation sites excluding steroid dienone is 3. The van der Waals surface area contributed by atoms with Crippen molar-refractivity contribution in [3.05, 3.63) is 88.3 Å². The van der Waals surface area contributed by atoms with Crippen molar-refractivity contribution in [3.8, 4) is 5.75 Å². The Morgan fingerprint density at radius 1 is 0.943 bits per heavy atom. The Balaban J connectivity index is 1.56. The summed E-state index contributed by atoms with van der Waals surface area (Å²) in [4.78, 5) is 27.4. The first-order valence-electron chi connectivity index (χ1n) is 12.7. The lowest BCUT2D eigenvalue weighted by Gasteiger charge is -2.37. The molecule has 3 aliphatic rings. The molecule has 0 unspecified atom stereocenters. The number of carbonyl (C=O) groups excluding carboxylic acids is 2. The summed E-state index contributed by atoms with van der Waals surface area (Å²) in [5.74, 6) is 0.000775. The molecule has 1 aliphatic heterocycles. The Bertz CT molecular complexity index is 1170. The van der Waals surface area contributed by atoms with Gasteiger partial charge >= 0.3 is 5.97 Å². The van der Waals surface area contributed by atoms with Crippen LogP contribution in [0, 0.1) is 0 Å². The van der Waals surface area contributed by atoms with Crippen LogP contribution in [0.4, 0.5) is 0 Å². The zero-order chi connectivity index (χ0) is 24.4. The van der Waals surface area contributed by atoms with Crippen molar-refractivity contribution in [1.29, 1.82) is 0 Å². The summed E-state index contributed by atoms with van der Waals surface area (Å²) >= 11 is 0. The third-order valence-corrected chi connectivity index (χ3v) is 7.59. The van der Waals surface area contributed by atoms with Gasteiger partial charge in [-0.1, -0.05) is 55.0 Å². The summed E-state index contributed by atoms with van der Waals surface area (Å²) in [6.45, 7) is 1.92. The average molecular weight is 472 g/mol. The van der Waals surface area contributed by atoms with E-state index < -0.39 is 5.92 Å². The summed E-state index contributed by atoms with van der Waals surface area (Å²) in [6, 6.07) is 17.9. The standard InChI is InChI=1S/C30H33NO4/c1-19-27(30(33)35-22-13-7-4-8-14-22)28(23-15-9-10-16-26(23)34-2)29-24(31-19)17-21(18-25(29)32)20-11-5-3-6-12-20/h3,5-6,9-12,15-16,21-22,28,31H,4,7-8,13-14,17-18H2,1-2H3/t21-,28+/m0/s1. The van der Waals surface area contributed by atoms with Crippen molar-refractivity contribution < 1.29 is 19.1 Å². The largest absolute Gasteiger partial charge is 0.496 e. The van der Waals surface area contributed by atoms with Crippen LogP contribution in [0.5, 0.6) is 5.75 Å². The maximum absolute atomic E-state index is 13.7. The molecule has 5 rings (SSSR count). The van der Waals surface area contributed by atoms with E-state index in [2.05, 4.69) is 17.4 Å². The van der Waals surface area contributed by atoms with E-state index in [1.54, 1.807) is 7.11 Å². The first-order chi connectivity index (χ1) is 17.1. The predicted molar refractivity (Wildman–Crippen MR) is 135 cm³/mol. The smallest absolute Gasteiger partial charge is 0.337 e. The Hall–Kier alpha value is -3.34. The Morgan fingerprint density at radius 2 is 1.66 bits per heavy atom. The number of Topliss-reactive ketones (excluding diaryl/α,β-unsaturated/α-hetero) is 1. The minimum atomic E-state index is -0.511. The fraction of sp³-hybridized carbons (Fsp3) is 0.400. The molecule has 0 amide bonds. The van der Waals surface area contributed by atoms with E-state index in [9.17, 15) is 9.59 Å². The molecule has 182 valence electrons. The van der Waals surface area contributed by atoms with Gasteiger partial charge in [-0.2, -0.15) is 0 Å². The second-order valence-corrected chi connectivity index (χ2v) is 9.84. The van der Waals surface area contributed by atoms with E-state index in [-0.39, 0.29) is 23.8 Å². The second-order valence-electron chi connectivity index (χ2n) is 9.84. The molecule has 0 bridgehead atoms. The van der Waals surface area contributed by atoms with Crippen LogP contribution in [0.25, 0.3) is 0 Å². The van der Waals surface area contributed by atoms with E-state index in [1.165, 1.54) is 6.42 Å². The molecule has 1 fully saturated rings. The third-order valence-electron chi connectivity index (χ3n) is 7.59. The van der Waals surface area contributed by atoms with Gasteiger partial charge in [0.15, 0.2) is 5.78 Å². The van der Waals surface area contributed by atoms with Gasteiger partial charge in [0.25, 0.3) is 0 Å². The lowest BCUT2D eigenvalue weighted by atomic mass is 9.71. The monoisotopic (exact) mass is 471 g/mol. The van der Waals surface area contributed by atoms with Crippen LogP contribution in [-0.4, -0.2) is 25.0 Å². The average Bonchev–Trinajstić information content (AvgIpc) is 2.88. The highest BCUT2D eigenvalue weighted by Crippen LogP contribution is 2.47. The van der Waals surface area contributed by atoms with E-state index >= 15 is 0 Å². The van der Waals surface area contributed by atoms with E-state index in [4.69, 9.17) is 9.47 Å². The van der Waals surface area contributed by atoms with Crippen LogP contribution in [0.1, 0.15) is 74.8 Å². The number of carbonyl (C=O) groups is 2. The Morgan fingerprint density at radius 3 is 2.40 bits per heavy atom. The quantitative estimate of drug-likeness (QED) is 0.548. The molecule has 5 nitrogen and oxygen atoms in total. The van der Waals surface area contributed by atoms with E-state index in [0.29, 0.717) is 23.3 Å². The summed E-state index contributed by atoms with van der Waals surface area (Å²) in [5.41, 5.74) is 4.82. The number of hydrogen-bond donors (Lipinski definition) is 1. The number of dihydropyridines is 1. The molecular weight excluding hydrogens is 438 g/mol. The number of hydrogen-bond acceptors (Lipinski definition) is 5. The predicted octanol–water partition coefficient (Wildman–Crippen LogP) is 5.93. The van der Waals surface area contributed by atoms with Crippen LogP contribution < -0.4 is 10.1 Å². The molecule has 2 aliphatic carbocycles. The molecule has 2 aromatic rings. The van der Waals surface area contributed by atoms with Gasteiger partial charge in [0.05, 0.1) is 18.6 Å². The number of para-hydroxylation sites is 1. The fourth-order valence-electron chi connectivity index (χ4n) is 5.88. The van der Waals surface area contributed by atoms with Crippen molar-refractivity contribution in [2.45, 2.75) is 69.8 Å². The number of ether oxygens (including phenoxy) is 2. The number of ketones is 1. The molecule has 0 radical (unpaired) electrons. The van der Waals surface area contributed by atoms with E-state index in [0.717, 1.165) is 54.6 Å². The molecular formula is C30H33NO4. The summed E-state index contributed by atoms with van der Waals surface area (Å²) in [5, 5.41) is 3.45. The number of esters is 1. The van der Waals surface area contributed by atoms with Gasteiger partial charge < -0.3 is 14.8 Å². The SMILES string of the molecule is COc1ccccc1[C@@H]1C(C(=O)OC2CCCCC2)=C(C)NC2=C1C(=O)C[C@@H](c1ccccc1)C2. The van der Waals surface area contributed by atoms with Crippen LogP contribution >= 0.6 is 0 Å². The van der Waals surface area contributed by atoms with Crippen LogP contribution in [0.2, 0.25) is 0 Å². The van der Waals surface area contributed by atoms with Crippen LogP contribution in [-0.2, 0) is 14.3 Å². The molecule has 2 atom stereocenters. The first-order valence-corrected chi connectivity index (χ1v) is 12.7. The summed E-state index contributed by atoms with van der Waals surface area (Å²) in [6.07, 6.45) is 6.23. The normalized spacial score (nSPS) is 23.0. The number of rotatable bonds is 5. The van der Waals surface area contributed by atoms with Gasteiger partial charge in [0.1, 0.15) is 11.9 Å². The molecule has 1 heterocycles. The van der Waals surface area contributed by atoms with Crippen LogP contribution in [0.15, 0.2) is 77.1 Å². The maximum Gasteiger partial charge on any atom is 0.337 e. The molecule has 1 N–H and O–H groups in total. The van der Waals surface area contributed by atoms with Gasteiger partial charge in [-0.15, -0.1) is 0 Å². The van der Waals surface area contributed by atoms with E-state index in [1.807, 2.05) is 49.4 Å². The highest BCUT2D eigenvalue weighted by Gasteiger charge is 2.42. The van der Waals surface area contributed by atoms with Crippen LogP contribution in [0.3, 0.4) is 0 Å². The topological polar surface area (TPSA) is 64.6 Å². The molecule has 5 heteroatoms. The summed E-state index contributed by atoms with van der Waals surface area (Å²) < 4.78 is 11.7. The molecule has 0 saturated heterocycles. The lowest BCUT2D eigenvalue weighted by molar-refractivity contribution is -0.146. The molecule has 1 saturated carbocycles. The molecule has 0 spiro atoms. The number of benzene rings is 2. The number of nitrogens with one attached hydrogen (secondary N) is 1. The van der Waals surface area contributed by atoms with Crippen molar-refractivity contribution >= 4 is 11.8 Å². The van der Waals surface area contributed by atoms with Crippen molar-refractivity contribution in [1.82, 2.24) is 5.32 Å². The van der Waals surface area contributed by atoms with Gasteiger partial charge in [0.2, 0.25) is 0 Å². The minimum absolute atomic E-state index is 0.0604. The lowest BCUT2D eigenvalue weighted by Crippen LogP contribution is -2.37. The zero-order valence-electron chi connectivity index (χ0n) is 20.5. The fourth-order valence-corrected chi connectivity index (χ4v) is 5.88. The van der Waals surface area contributed by atoms with Crippen molar-refractivity contribution in [2.75, 3.05) is 7.11 Å². The number of methoxy groups -OCH3 is 1. The second kappa shape index (κ2) is 10.1. The maximum atomic E-state index is 13.7. The van der Waals surface area contributed by atoms with Gasteiger partial charge in [-0.3, -0.25) is 4.79 Å².